The van der Waals surface area contributed by atoms with Gasteiger partial charge in [0.05, 0.1) is 0 Å². The number of benzene rings is 2. The van der Waals surface area contributed by atoms with Crippen molar-refractivity contribution in [3.8, 4) is 5.75 Å². The summed E-state index contributed by atoms with van der Waals surface area (Å²) in [7, 11) is 2.06. The molecule has 1 heterocycles. The van der Waals surface area contributed by atoms with Crippen LogP contribution in [0.1, 0.15) is 15.9 Å². The molecule has 0 saturated carbocycles. The van der Waals surface area contributed by atoms with Crippen LogP contribution in [0.3, 0.4) is 0 Å². The Morgan fingerprint density at radius 3 is 2.22 bits per heavy atom. The minimum atomic E-state index is -0.242. The standard InChI is InChI=1S/C21H25N3O3/c1-16-3-9-19(10-4-16)27-15-20(25)22-18-7-5-17(6-8-18)21(26)24-13-11-23(2)12-14-24/h3-10H,11-15H2,1-2H3,(H,22,25). The molecule has 0 bridgehead atoms. The topological polar surface area (TPSA) is 61.9 Å². The third-order valence-corrected chi connectivity index (χ3v) is 4.60. The lowest BCUT2D eigenvalue weighted by Crippen LogP contribution is -2.47. The van der Waals surface area contributed by atoms with Crippen LogP contribution in [-0.4, -0.2) is 61.4 Å². The first kappa shape index (κ1) is 18.9. The van der Waals surface area contributed by atoms with Crippen molar-refractivity contribution in [2.24, 2.45) is 0 Å². The van der Waals surface area contributed by atoms with Gasteiger partial charge in [0.1, 0.15) is 5.75 Å². The molecular weight excluding hydrogens is 342 g/mol. The summed E-state index contributed by atoms with van der Waals surface area (Å²) in [6, 6.07) is 14.5. The van der Waals surface area contributed by atoms with Crippen LogP contribution in [0, 0.1) is 6.92 Å². The number of nitrogens with zero attached hydrogens (tertiary/aromatic N) is 2. The van der Waals surface area contributed by atoms with E-state index in [0.29, 0.717) is 17.0 Å². The predicted octanol–water partition coefficient (Wildman–Crippen LogP) is 2.40. The molecule has 2 amide bonds. The Hall–Kier alpha value is -2.86. The average Bonchev–Trinajstić information content (AvgIpc) is 2.68. The van der Waals surface area contributed by atoms with Crippen LogP contribution in [0.4, 0.5) is 5.69 Å². The minimum Gasteiger partial charge on any atom is -0.484 e. The monoisotopic (exact) mass is 367 g/mol. The Bertz CT molecular complexity index is 779. The normalized spacial score (nSPS) is 14.7. The van der Waals surface area contributed by atoms with Crippen molar-refractivity contribution in [2.75, 3.05) is 45.2 Å². The molecule has 2 aromatic rings. The highest BCUT2D eigenvalue weighted by Gasteiger charge is 2.20. The van der Waals surface area contributed by atoms with E-state index in [1.807, 2.05) is 36.1 Å². The van der Waals surface area contributed by atoms with Gasteiger partial charge in [0.2, 0.25) is 0 Å². The molecule has 142 valence electrons. The van der Waals surface area contributed by atoms with Crippen LogP contribution in [0.5, 0.6) is 5.75 Å². The number of rotatable bonds is 5. The van der Waals surface area contributed by atoms with Gasteiger partial charge >= 0.3 is 0 Å². The van der Waals surface area contributed by atoms with Crippen LogP contribution in [0.25, 0.3) is 0 Å². The first-order valence-corrected chi connectivity index (χ1v) is 9.08. The second-order valence-corrected chi connectivity index (χ2v) is 6.82. The van der Waals surface area contributed by atoms with E-state index in [9.17, 15) is 9.59 Å². The zero-order valence-corrected chi connectivity index (χ0v) is 15.8. The molecule has 0 aromatic heterocycles. The van der Waals surface area contributed by atoms with Crippen molar-refractivity contribution in [1.29, 1.82) is 0 Å². The predicted molar refractivity (Wildman–Crippen MR) is 105 cm³/mol. The van der Waals surface area contributed by atoms with E-state index in [2.05, 4.69) is 17.3 Å². The number of amides is 2. The summed E-state index contributed by atoms with van der Waals surface area (Å²) < 4.78 is 5.47. The first-order chi connectivity index (χ1) is 13.0. The van der Waals surface area contributed by atoms with Gasteiger partial charge in [-0.1, -0.05) is 17.7 Å². The van der Waals surface area contributed by atoms with Crippen molar-refractivity contribution in [3.63, 3.8) is 0 Å². The van der Waals surface area contributed by atoms with E-state index < -0.39 is 0 Å². The number of aryl methyl sites for hydroxylation is 1. The molecule has 0 atom stereocenters. The maximum absolute atomic E-state index is 12.5. The number of likely N-dealkylation sites (N-methyl/N-ethyl adjacent to an activating group) is 1. The molecule has 6 nitrogen and oxygen atoms in total. The molecular formula is C21H25N3O3. The Kier molecular flexibility index (Phi) is 6.08. The molecule has 0 radical (unpaired) electrons. The second-order valence-electron chi connectivity index (χ2n) is 6.82. The van der Waals surface area contributed by atoms with E-state index in [-0.39, 0.29) is 18.4 Å². The highest BCUT2D eigenvalue weighted by molar-refractivity contribution is 5.96. The number of nitrogens with one attached hydrogen (secondary N) is 1. The zero-order chi connectivity index (χ0) is 19.2. The SMILES string of the molecule is Cc1ccc(OCC(=O)Nc2ccc(C(=O)N3CCN(C)CC3)cc2)cc1. The number of hydrogen-bond donors (Lipinski definition) is 1. The third-order valence-electron chi connectivity index (χ3n) is 4.60. The van der Waals surface area contributed by atoms with Crippen LogP contribution in [-0.2, 0) is 4.79 Å². The highest BCUT2D eigenvalue weighted by atomic mass is 16.5. The van der Waals surface area contributed by atoms with Crippen molar-refractivity contribution in [2.45, 2.75) is 6.92 Å². The maximum atomic E-state index is 12.5. The van der Waals surface area contributed by atoms with Gasteiger partial charge in [-0.25, -0.2) is 0 Å². The summed E-state index contributed by atoms with van der Waals surface area (Å²) in [5, 5.41) is 2.78. The quantitative estimate of drug-likeness (QED) is 0.882. The molecule has 1 aliphatic rings. The fourth-order valence-electron chi connectivity index (χ4n) is 2.87. The molecule has 2 aromatic carbocycles. The number of anilines is 1. The van der Waals surface area contributed by atoms with Gasteiger partial charge in [0.25, 0.3) is 11.8 Å². The lowest BCUT2D eigenvalue weighted by atomic mass is 10.1. The first-order valence-electron chi connectivity index (χ1n) is 9.08. The van der Waals surface area contributed by atoms with Gasteiger partial charge in [-0.3, -0.25) is 9.59 Å². The Morgan fingerprint density at radius 1 is 0.963 bits per heavy atom. The van der Waals surface area contributed by atoms with Gasteiger partial charge in [0, 0.05) is 37.4 Å². The minimum absolute atomic E-state index is 0.0312. The number of hydrogen-bond acceptors (Lipinski definition) is 4. The molecule has 0 aliphatic carbocycles. The Labute approximate surface area is 159 Å². The average molecular weight is 367 g/mol. The third kappa shape index (κ3) is 5.31. The van der Waals surface area contributed by atoms with E-state index >= 15 is 0 Å². The summed E-state index contributed by atoms with van der Waals surface area (Å²) in [6.45, 7) is 5.19. The largest absolute Gasteiger partial charge is 0.484 e. The van der Waals surface area contributed by atoms with Gasteiger partial charge < -0.3 is 19.9 Å². The number of ether oxygens (including phenoxy) is 1. The molecule has 0 unspecified atom stereocenters. The molecule has 1 N–H and O–H groups in total. The summed E-state index contributed by atoms with van der Waals surface area (Å²) in [4.78, 5) is 28.6. The maximum Gasteiger partial charge on any atom is 0.262 e. The van der Waals surface area contributed by atoms with Crippen molar-refractivity contribution < 1.29 is 14.3 Å². The highest BCUT2D eigenvalue weighted by Crippen LogP contribution is 2.14. The van der Waals surface area contributed by atoms with E-state index in [0.717, 1.165) is 31.7 Å². The molecule has 1 aliphatic heterocycles. The summed E-state index contributed by atoms with van der Waals surface area (Å²) in [6.07, 6.45) is 0. The Balaban J connectivity index is 1.50. The van der Waals surface area contributed by atoms with Gasteiger partial charge in [-0.15, -0.1) is 0 Å². The molecule has 27 heavy (non-hydrogen) atoms. The molecule has 1 saturated heterocycles. The number of carbonyl (C=O) groups is 2. The van der Waals surface area contributed by atoms with E-state index in [1.165, 1.54) is 0 Å². The van der Waals surface area contributed by atoms with Crippen molar-refractivity contribution in [1.82, 2.24) is 9.80 Å². The number of piperazine rings is 1. The molecule has 6 heteroatoms. The van der Waals surface area contributed by atoms with Crippen molar-refractivity contribution in [3.05, 3.63) is 59.7 Å². The van der Waals surface area contributed by atoms with Crippen LogP contribution < -0.4 is 10.1 Å². The zero-order valence-electron chi connectivity index (χ0n) is 15.8. The van der Waals surface area contributed by atoms with Gasteiger partial charge in [0.15, 0.2) is 6.61 Å². The molecule has 0 spiro atoms. The van der Waals surface area contributed by atoms with E-state index in [4.69, 9.17) is 4.74 Å². The smallest absolute Gasteiger partial charge is 0.262 e. The fourth-order valence-corrected chi connectivity index (χ4v) is 2.87. The second kappa shape index (κ2) is 8.68. The van der Waals surface area contributed by atoms with Crippen LogP contribution in [0.2, 0.25) is 0 Å². The molecule has 1 fully saturated rings. The Morgan fingerprint density at radius 2 is 1.59 bits per heavy atom. The fraction of sp³-hybridized carbons (Fsp3) is 0.333. The lowest BCUT2D eigenvalue weighted by molar-refractivity contribution is -0.118. The summed E-state index contributed by atoms with van der Waals surface area (Å²) in [5.41, 5.74) is 2.41. The van der Waals surface area contributed by atoms with Crippen molar-refractivity contribution >= 4 is 17.5 Å². The van der Waals surface area contributed by atoms with Gasteiger partial charge in [-0.2, -0.15) is 0 Å². The number of carbonyl (C=O) groups excluding carboxylic acids is 2. The summed E-state index contributed by atoms with van der Waals surface area (Å²) >= 11 is 0. The lowest BCUT2D eigenvalue weighted by Gasteiger charge is -2.32. The van der Waals surface area contributed by atoms with Crippen LogP contribution >= 0.6 is 0 Å². The van der Waals surface area contributed by atoms with E-state index in [1.54, 1.807) is 24.3 Å². The van der Waals surface area contributed by atoms with Crippen LogP contribution in [0.15, 0.2) is 48.5 Å². The molecule has 3 rings (SSSR count). The van der Waals surface area contributed by atoms with Gasteiger partial charge in [-0.05, 0) is 50.4 Å². The summed E-state index contributed by atoms with van der Waals surface area (Å²) in [5.74, 6) is 0.446.